The largest absolute Gasteiger partial charge is 0.347 e. The van der Waals surface area contributed by atoms with Gasteiger partial charge in [-0.05, 0) is 25.0 Å². The van der Waals surface area contributed by atoms with Crippen LogP contribution in [0.25, 0.3) is 10.9 Å². The van der Waals surface area contributed by atoms with Gasteiger partial charge in [-0.25, -0.2) is 4.98 Å². The highest BCUT2D eigenvalue weighted by molar-refractivity contribution is 6.06. The molecule has 1 aromatic carbocycles. The number of amides is 1. The van der Waals surface area contributed by atoms with Crippen molar-refractivity contribution in [2.24, 2.45) is 5.92 Å². The molecule has 0 spiro atoms. The van der Waals surface area contributed by atoms with Crippen LogP contribution in [0.2, 0.25) is 0 Å². The Hall–Kier alpha value is -2.89. The Kier molecular flexibility index (Phi) is 4.70. The molecule has 3 rings (SSSR count). The van der Waals surface area contributed by atoms with E-state index in [0.29, 0.717) is 17.6 Å². The second kappa shape index (κ2) is 6.93. The van der Waals surface area contributed by atoms with Gasteiger partial charge in [0.2, 0.25) is 5.56 Å². The molecular weight excluding hydrogens is 316 g/mol. The zero-order chi connectivity index (χ0) is 18.0. The number of carbonyl (C=O) groups excluding carboxylic acids is 1. The minimum Gasteiger partial charge on any atom is -0.347 e. The second-order valence-electron chi connectivity index (χ2n) is 6.68. The average Bonchev–Trinajstić information content (AvgIpc) is 3.06. The Balaban J connectivity index is 1.92. The molecule has 6 nitrogen and oxygen atoms in total. The molecule has 0 bridgehead atoms. The number of aromatic nitrogens is 3. The van der Waals surface area contributed by atoms with Crippen LogP contribution in [0, 0.1) is 12.8 Å². The van der Waals surface area contributed by atoms with E-state index < -0.39 is 0 Å². The van der Waals surface area contributed by atoms with E-state index in [9.17, 15) is 9.59 Å². The third-order valence-electron chi connectivity index (χ3n) is 4.33. The molecule has 0 saturated heterocycles. The molecule has 1 atom stereocenters. The van der Waals surface area contributed by atoms with E-state index in [1.807, 2.05) is 35.9 Å². The predicted octanol–water partition coefficient (Wildman–Crippen LogP) is 2.49. The molecule has 0 aliphatic carbocycles. The van der Waals surface area contributed by atoms with Crippen molar-refractivity contribution in [3.8, 4) is 0 Å². The van der Waals surface area contributed by atoms with Gasteiger partial charge in [0.05, 0.1) is 11.9 Å². The number of aromatic amines is 1. The molecule has 1 unspecified atom stereocenters. The molecule has 2 aromatic heterocycles. The maximum atomic E-state index is 12.9. The summed E-state index contributed by atoms with van der Waals surface area (Å²) in [6.45, 7) is 6.70. The van der Waals surface area contributed by atoms with Gasteiger partial charge in [0.25, 0.3) is 5.91 Å². The normalized spacial score (nSPS) is 12.5. The Labute approximate surface area is 145 Å². The minimum atomic E-state index is -0.280. The number of nitrogens with one attached hydrogen (secondary N) is 2. The van der Waals surface area contributed by atoms with Crippen molar-refractivity contribution >= 4 is 16.8 Å². The van der Waals surface area contributed by atoms with Gasteiger partial charge in [-0.2, -0.15) is 0 Å². The SMILES string of the molecule is Cc1ccc2[nH]c(=O)cc(C(=O)NC(Cn3ccnc3)C(C)C)c2c1. The van der Waals surface area contributed by atoms with Gasteiger partial charge in [-0.15, -0.1) is 0 Å². The highest BCUT2D eigenvalue weighted by atomic mass is 16.2. The summed E-state index contributed by atoms with van der Waals surface area (Å²) in [6, 6.07) is 6.96. The summed E-state index contributed by atoms with van der Waals surface area (Å²) >= 11 is 0. The summed E-state index contributed by atoms with van der Waals surface area (Å²) < 4.78 is 1.94. The van der Waals surface area contributed by atoms with Gasteiger partial charge in [-0.1, -0.05) is 25.5 Å². The molecule has 0 saturated carbocycles. The topological polar surface area (TPSA) is 79.8 Å². The molecule has 0 aliphatic heterocycles. The van der Waals surface area contributed by atoms with Gasteiger partial charge >= 0.3 is 0 Å². The van der Waals surface area contributed by atoms with Crippen LogP contribution < -0.4 is 10.9 Å². The summed E-state index contributed by atoms with van der Waals surface area (Å²) in [7, 11) is 0. The van der Waals surface area contributed by atoms with Crippen LogP contribution in [0.15, 0.2) is 47.8 Å². The molecule has 1 amide bonds. The maximum Gasteiger partial charge on any atom is 0.252 e. The summed E-state index contributed by atoms with van der Waals surface area (Å²) in [4.78, 5) is 31.6. The lowest BCUT2D eigenvalue weighted by molar-refractivity contribution is 0.0922. The van der Waals surface area contributed by atoms with Gasteiger partial charge in [-0.3, -0.25) is 9.59 Å². The number of rotatable bonds is 5. The zero-order valence-electron chi connectivity index (χ0n) is 14.6. The van der Waals surface area contributed by atoms with Crippen LogP contribution in [0.4, 0.5) is 0 Å². The minimum absolute atomic E-state index is 0.0687. The fourth-order valence-corrected chi connectivity index (χ4v) is 2.85. The Morgan fingerprint density at radius 2 is 2.12 bits per heavy atom. The molecule has 130 valence electrons. The predicted molar refractivity (Wildman–Crippen MR) is 97.6 cm³/mol. The number of nitrogens with zero attached hydrogens (tertiary/aromatic N) is 2. The number of hydrogen-bond acceptors (Lipinski definition) is 3. The molecule has 6 heteroatoms. The standard InChI is InChI=1S/C19H22N4O2/c1-12(2)17(10-23-7-6-20-11-23)22-19(25)15-9-18(24)21-16-5-4-13(3)8-14(15)16/h4-9,11-12,17H,10H2,1-3H3,(H,21,24)(H,22,25). The third kappa shape index (κ3) is 3.79. The first-order valence-corrected chi connectivity index (χ1v) is 8.34. The molecule has 3 aromatic rings. The lowest BCUT2D eigenvalue weighted by Gasteiger charge is -2.23. The summed E-state index contributed by atoms with van der Waals surface area (Å²) in [5, 5.41) is 3.82. The van der Waals surface area contributed by atoms with Gasteiger partial charge in [0.1, 0.15) is 0 Å². The van der Waals surface area contributed by atoms with E-state index in [-0.39, 0.29) is 23.4 Å². The van der Waals surface area contributed by atoms with E-state index in [4.69, 9.17) is 0 Å². The summed E-state index contributed by atoms with van der Waals surface area (Å²) in [6.07, 6.45) is 5.31. The van der Waals surface area contributed by atoms with Crippen molar-refractivity contribution in [3.63, 3.8) is 0 Å². The zero-order valence-corrected chi connectivity index (χ0v) is 14.6. The van der Waals surface area contributed by atoms with Gasteiger partial charge in [0, 0.05) is 41.9 Å². The van der Waals surface area contributed by atoms with Crippen LogP contribution in [0.5, 0.6) is 0 Å². The summed E-state index contributed by atoms with van der Waals surface area (Å²) in [5.41, 5.74) is 1.82. The monoisotopic (exact) mass is 338 g/mol. The lowest BCUT2D eigenvalue weighted by atomic mass is 10.0. The number of carbonyl (C=O) groups is 1. The van der Waals surface area contributed by atoms with Crippen LogP contribution in [-0.4, -0.2) is 26.5 Å². The molecule has 2 N–H and O–H groups in total. The van der Waals surface area contributed by atoms with Crippen molar-refractivity contribution in [2.45, 2.75) is 33.4 Å². The Morgan fingerprint density at radius 3 is 2.80 bits per heavy atom. The third-order valence-corrected chi connectivity index (χ3v) is 4.33. The van der Waals surface area contributed by atoms with Crippen LogP contribution >= 0.6 is 0 Å². The van der Waals surface area contributed by atoms with E-state index in [1.165, 1.54) is 6.07 Å². The van der Waals surface area contributed by atoms with Crippen molar-refractivity contribution in [2.75, 3.05) is 0 Å². The van der Waals surface area contributed by atoms with Crippen molar-refractivity contribution in [1.29, 1.82) is 0 Å². The first-order valence-electron chi connectivity index (χ1n) is 8.34. The number of hydrogen-bond donors (Lipinski definition) is 2. The Morgan fingerprint density at radius 1 is 1.32 bits per heavy atom. The quantitative estimate of drug-likeness (QED) is 0.750. The van der Waals surface area contributed by atoms with E-state index >= 15 is 0 Å². The van der Waals surface area contributed by atoms with Gasteiger partial charge in [0.15, 0.2) is 0 Å². The molecular formula is C19H22N4O2. The molecule has 2 heterocycles. The van der Waals surface area contributed by atoms with E-state index in [2.05, 4.69) is 29.1 Å². The fourth-order valence-electron chi connectivity index (χ4n) is 2.85. The maximum absolute atomic E-state index is 12.9. The van der Waals surface area contributed by atoms with Crippen LogP contribution in [0.3, 0.4) is 0 Å². The Bertz CT molecular complexity index is 942. The van der Waals surface area contributed by atoms with E-state index in [1.54, 1.807) is 12.5 Å². The molecule has 0 fully saturated rings. The smallest absolute Gasteiger partial charge is 0.252 e. The summed E-state index contributed by atoms with van der Waals surface area (Å²) in [5.74, 6) is 0.00172. The van der Waals surface area contributed by atoms with Gasteiger partial charge < -0.3 is 14.9 Å². The van der Waals surface area contributed by atoms with E-state index in [0.717, 1.165) is 10.9 Å². The number of pyridine rings is 1. The number of fused-ring (bicyclic) bond motifs is 1. The highest BCUT2D eigenvalue weighted by Gasteiger charge is 2.19. The highest BCUT2D eigenvalue weighted by Crippen LogP contribution is 2.17. The second-order valence-corrected chi connectivity index (χ2v) is 6.68. The average molecular weight is 338 g/mol. The number of imidazole rings is 1. The molecule has 0 aliphatic rings. The fraction of sp³-hybridized carbons (Fsp3) is 0.316. The van der Waals surface area contributed by atoms with Crippen molar-refractivity contribution < 1.29 is 4.79 Å². The lowest BCUT2D eigenvalue weighted by Crippen LogP contribution is -2.41. The molecule has 25 heavy (non-hydrogen) atoms. The molecule has 0 radical (unpaired) electrons. The first-order chi connectivity index (χ1) is 11.9. The van der Waals surface area contributed by atoms with Crippen molar-refractivity contribution in [1.82, 2.24) is 19.9 Å². The van der Waals surface area contributed by atoms with Crippen molar-refractivity contribution in [3.05, 3.63) is 64.5 Å². The number of aryl methyl sites for hydroxylation is 1. The first kappa shape index (κ1) is 17.0. The number of benzene rings is 1. The van der Waals surface area contributed by atoms with Crippen LogP contribution in [-0.2, 0) is 6.54 Å². The van der Waals surface area contributed by atoms with Crippen LogP contribution in [0.1, 0.15) is 29.8 Å². The number of H-pyrrole nitrogens is 1.